The molecule has 1 N–H and O–H groups in total. The zero-order valence-corrected chi connectivity index (χ0v) is 8.89. The second-order valence-electron chi connectivity index (χ2n) is 3.23. The summed E-state index contributed by atoms with van der Waals surface area (Å²) in [5.74, 6) is 0.793. The SMILES string of the molecule is CCn1cnnc1CNc1cccc(F)n1. The molecule has 0 fully saturated rings. The molecular formula is C10H12FN5. The van der Waals surface area contributed by atoms with Gasteiger partial charge in [0.15, 0.2) is 5.82 Å². The van der Waals surface area contributed by atoms with Crippen LogP contribution in [0.1, 0.15) is 12.7 Å². The van der Waals surface area contributed by atoms with Gasteiger partial charge < -0.3 is 9.88 Å². The summed E-state index contributed by atoms with van der Waals surface area (Å²) in [5, 5.41) is 10.7. The van der Waals surface area contributed by atoms with Gasteiger partial charge in [-0.15, -0.1) is 10.2 Å². The van der Waals surface area contributed by atoms with E-state index < -0.39 is 5.95 Å². The first-order valence-electron chi connectivity index (χ1n) is 5.02. The number of anilines is 1. The van der Waals surface area contributed by atoms with E-state index in [2.05, 4.69) is 20.5 Å². The first-order chi connectivity index (χ1) is 7.79. The van der Waals surface area contributed by atoms with E-state index in [1.165, 1.54) is 6.07 Å². The predicted molar refractivity (Wildman–Crippen MR) is 57.2 cm³/mol. The molecule has 2 rings (SSSR count). The Kier molecular flexibility index (Phi) is 3.09. The van der Waals surface area contributed by atoms with Crippen molar-refractivity contribution in [3.05, 3.63) is 36.3 Å². The van der Waals surface area contributed by atoms with Crippen LogP contribution in [-0.4, -0.2) is 19.7 Å². The van der Waals surface area contributed by atoms with Gasteiger partial charge in [0, 0.05) is 6.54 Å². The van der Waals surface area contributed by atoms with Crippen molar-refractivity contribution in [3.63, 3.8) is 0 Å². The number of pyridine rings is 1. The maximum atomic E-state index is 12.8. The van der Waals surface area contributed by atoms with Crippen molar-refractivity contribution in [2.75, 3.05) is 5.32 Å². The molecule has 0 aliphatic rings. The zero-order chi connectivity index (χ0) is 11.4. The van der Waals surface area contributed by atoms with Crippen molar-refractivity contribution in [2.24, 2.45) is 0 Å². The van der Waals surface area contributed by atoms with Crippen molar-refractivity contribution in [1.82, 2.24) is 19.7 Å². The number of nitrogens with one attached hydrogen (secondary N) is 1. The molecule has 0 atom stereocenters. The third kappa shape index (κ3) is 2.33. The third-order valence-electron chi connectivity index (χ3n) is 2.18. The molecule has 0 spiro atoms. The Balaban J connectivity index is 2.02. The van der Waals surface area contributed by atoms with E-state index >= 15 is 0 Å². The largest absolute Gasteiger partial charge is 0.363 e. The van der Waals surface area contributed by atoms with Crippen molar-refractivity contribution >= 4 is 5.82 Å². The van der Waals surface area contributed by atoms with Crippen LogP contribution in [0.2, 0.25) is 0 Å². The second-order valence-corrected chi connectivity index (χ2v) is 3.23. The molecule has 0 saturated carbocycles. The molecule has 2 aromatic heterocycles. The van der Waals surface area contributed by atoms with E-state index in [9.17, 15) is 4.39 Å². The van der Waals surface area contributed by atoms with Crippen LogP contribution < -0.4 is 5.32 Å². The van der Waals surface area contributed by atoms with Gasteiger partial charge >= 0.3 is 0 Å². The molecule has 0 aromatic carbocycles. The third-order valence-corrected chi connectivity index (χ3v) is 2.18. The summed E-state index contributed by atoms with van der Waals surface area (Å²) in [6.07, 6.45) is 1.66. The van der Waals surface area contributed by atoms with Crippen LogP contribution in [0.15, 0.2) is 24.5 Å². The minimum atomic E-state index is -0.498. The van der Waals surface area contributed by atoms with Crippen LogP contribution >= 0.6 is 0 Å². The Morgan fingerprint density at radius 2 is 2.31 bits per heavy atom. The fourth-order valence-corrected chi connectivity index (χ4v) is 1.36. The smallest absolute Gasteiger partial charge is 0.214 e. The fraction of sp³-hybridized carbons (Fsp3) is 0.300. The van der Waals surface area contributed by atoms with E-state index in [1.54, 1.807) is 18.5 Å². The van der Waals surface area contributed by atoms with Crippen LogP contribution in [0.4, 0.5) is 10.2 Å². The molecule has 5 nitrogen and oxygen atoms in total. The fourth-order valence-electron chi connectivity index (χ4n) is 1.36. The van der Waals surface area contributed by atoms with Crippen LogP contribution in [0.3, 0.4) is 0 Å². The number of rotatable bonds is 4. The van der Waals surface area contributed by atoms with Gasteiger partial charge in [-0.05, 0) is 19.1 Å². The van der Waals surface area contributed by atoms with Crippen molar-refractivity contribution < 1.29 is 4.39 Å². The Morgan fingerprint density at radius 3 is 3.06 bits per heavy atom. The van der Waals surface area contributed by atoms with Gasteiger partial charge in [0.1, 0.15) is 12.1 Å². The van der Waals surface area contributed by atoms with Gasteiger partial charge in [-0.3, -0.25) is 0 Å². The van der Waals surface area contributed by atoms with Crippen LogP contribution in [-0.2, 0) is 13.1 Å². The highest BCUT2D eigenvalue weighted by Gasteiger charge is 2.02. The standard InChI is InChI=1S/C10H12FN5/c1-2-16-7-13-15-10(16)6-12-9-5-3-4-8(11)14-9/h3-5,7H,2,6H2,1H3,(H,12,14). The lowest BCUT2D eigenvalue weighted by Crippen LogP contribution is -2.08. The first kappa shape index (κ1) is 10.5. The minimum Gasteiger partial charge on any atom is -0.363 e. The second kappa shape index (κ2) is 4.69. The van der Waals surface area contributed by atoms with E-state index in [0.717, 1.165) is 12.4 Å². The average molecular weight is 221 g/mol. The number of aromatic nitrogens is 4. The van der Waals surface area contributed by atoms with Gasteiger partial charge in [-0.25, -0.2) is 4.98 Å². The van der Waals surface area contributed by atoms with Crippen molar-refractivity contribution in [3.8, 4) is 0 Å². The summed E-state index contributed by atoms with van der Waals surface area (Å²) in [5.41, 5.74) is 0. The van der Waals surface area contributed by atoms with Gasteiger partial charge in [0.2, 0.25) is 5.95 Å². The number of hydrogen-bond donors (Lipinski definition) is 1. The maximum Gasteiger partial charge on any atom is 0.214 e. The molecule has 2 aromatic rings. The van der Waals surface area contributed by atoms with E-state index in [0.29, 0.717) is 12.4 Å². The predicted octanol–water partition coefficient (Wildman–Crippen LogP) is 1.44. The number of nitrogens with zero attached hydrogens (tertiary/aromatic N) is 4. The quantitative estimate of drug-likeness (QED) is 0.794. The molecule has 0 amide bonds. The normalized spacial score (nSPS) is 10.4. The van der Waals surface area contributed by atoms with Gasteiger partial charge in [0.25, 0.3) is 0 Å². The summed E-state index contributed by atoms with van der Waals surface area (Å²) >= 11 is 0. The van der Waals surface area contributed by atoms with Crippen LogP contribution in [0.25, 0.3) is 0 Å². The van der Waals surface area contributed by atoms with Crippen molar-refractivity contribution in [1.29, 1.82) is 0 Å². The molecule has 0 saturated heterocycles. The first-order valence-corrected chi connectivity index (χ1v) is 5.02. The Morgan fingerprint density at radius 1 is 1.44 bits per heavy atom. The summed E-state index contributed by atoms with van der Waals surface area (Å²) in [6, 6.07) is 4.62. The summed E-state index contributed by atoms with van der Waals surface area (Å²) in [4.78, 5) is 3.69. The molecule has 0 aliphatic carbocycles. The monoisotopic (exact) mass is 221 g/mol. The van der Waals surface area contributed by atoms with Gasteiger partial charge in [-0.2, -0.15) is 4.39 Å². The number of hydrogen-bond acceptors (Lipinski definition) is 4. The Labute approximate surface area is 92.3 Å². The molecular weight excluding hydrogens is 209 g/mol. The van der Waals surface area contributed by atoms with Gasteiger partial charge in [-0.1, -0.05) is 6.07 Å². The van der Waals surface area contributed by atoms with E-state index in [4.69, 9.17) is 0 Å². The minimum absolute atomic E-state index is 0.476. The molecule has 16 heavy (non-hydrogen) atoms. The Hall–Kier alpha value is -1.98. The average Bonchev–Trinajstić information content (AvgIpc) is 2.74. The van der Waals surface area contributed by atoms with E-state index in [-0.39, 0.29) is 0 Å². The number of halogens is 1. The highest BCUT2D eigenvalue weighted by molar-refractivity contribution is 5.33. The molecule has 0 aliphatic heterocycles. The summed E-state index contributed by atoms with van der Waals surface area (Å²) < 4.78 is 14.7. The van der Waals surface area contributed by atoms with Crippen molar-refractivity contribution in [2.45, 2.75) is 20.0 Å². The topological polar surface area (TPSA) is 55.6 Å². The lowest BCUT2D eigenvalue weighted by Gasteiger charge is -2.05. The van der Waals surface area contributed by atoms with Crippen LogP contribution in [0, 0.1) is 5.95 Å². The van der Waals surface area contributed by atoms with E-state index in [1.807, 2.05) is 11.5 Å². The molecule has 6 heteroatoms. The lowest BCUT2D eigenvalue weighted by molar-refractivity contribution is 0.584. The summed E-state index contributed by atoms with van der Waals surface area (Å²) in [6.45, 7) is 3.29. The Bertz CT molecular complexity index is 468. The zero-order valence-electron chi connectivity index (χ0n) is 8.89. The highest BCUT2D eigenvalue weighted by atomic mass is 19.1. The highest BCUT2D eigenvalue weighted by Crippen LogP contribution is 2.05. The molecule has 0 bridgehead atoms. The molecule has 0 unspecified atom stereocenters. The van der Waals surface area contributed by atoms with Gasteiger partial charge in [0.05, 0.1) is 6.54 Å². The summed E-state index contributed by atoms with van der Waals surface area (Å²) in [7, 11) is 0. The number of aryl methyl sites for hydroxylation is 1. The molecule has 84 valence electrons. The molecule has 0 radical (unpaired) electrons. The lowest BCUT2D eigenvalue weighted by atomic mass is 10.4. The van der Waals surface area contributed by atoms with Crippen LogP contribution in [0.5, 0.6) is 0 Å². The maximum absolute atomic E-state index is 12.8. The molecule has 2 heterocycles.